The second-order valence-corrected chi connectivity index (χ2v) is 5.68. The SMILES string of the molecule is Cc1[nH]c2c(C(C)(C)C)cccc2c(=O)c1C. The van der Waals surface area contributed by atoms with Crippen LogP contribution in [-0.4, -0.2) is 4.98 Å². The second-order valence-electron chi connectivity index (χ2n) is 5.68. The number of pyridine rings is 1. The Hall–Kier alpha value is -1.57. The summed E-state index contributed by atoms with van der Waals surface area (Å²) >= 11 is 0. The summed E-state index contributed by atoms with van der Waals surface area (Å²) < 4.78 is 0. The zero-order valence-corrected chi connectivity index (χ0v) is 11.1. The summed E-state index contributed by atoms with van der Waals surface area (Å²) in [6.07, 6.45) is 0. The first-order valence-corrected chi connectivity index (χ1v) is 5.95. The Morgan fingerprint density at radius 2 is 1.76 bits per heavy atom. The van der Waals surface area contributed by atoms with Gasteiger partial charge in [-0.2, -0.15) is 0 Å². The van der Waals surface area contributed by atoms with E-state index in [1.165, 1.54) is 5.56 Å². The molecule has 0 amide bonds. The maximum atomic E-state index is 12.2. The topological polar surface area (TPSA) is 32.9 Å². The molecule has 0 radical (unpaired) electrons. The molecule has 0 fully saturated rings. The van der Waals surface area contributed by atoms with E-state index in [4.69, 9.17) is 0 Å². The van der Waals surface area contributed by atoms with Crippen LogP contribution < -0.4 is 5.43 Å². The molecule has 0 bridgehead atoms. The summed E-state index contributed by atoms with van der Waals surface area (Å²) in [5.41, 5.74) is 4.11. The molecule has 2 rings (SSSR count). The van der Waals surface area contributed by atoms with Crippen LogP contribution >= 0.6 is 0 Å². The molecule has 0 aliphatic carbocycles. The lowest BCUT2D eigenvalue weighted by Gasteiger charge is -2.21. The number of nitrogens with one attached hydrogen (secondary N) is 1. The number of aromatic amines is 1. The van der Waals surface area contributed by atoms with Gasteiger partial charge in [0.15, 0.2) is 5.43 Å². The minimum atomic E-state index is 0.0319. The fraction of sp³-hybridized carbons (Fsp3) is 0.400. The standard InChI is InChI=1S/C15H19NO/c1-9-10(2)16-13-11(14(9)17)7-6-8-12(13)15(3,4)5/h6-8H,1-5H3,(H,16,17). The lowest BCUT2D eigenvalue weighted by Crippen LogP contribution is -2.16. The van der Waals surface area contributed by atoms with Gasteiger partial charge < -0.3 is 4.98 Å². The smallest absolute Gasteiger partial charge is 0.192 e. The van der Waals surface area contributed by atoms with Gasteiger partial charge >= 0.3 is 0 Å². The zero-order valence-electron chi connectivity index (χ0n) is 11.1. The monoisotopic (exact) mass is 229 g/mol. The van der Waals surface area contributed by atoms with Crippen molar-refractivity contribution in [3.63, 3.8) is 0 Å². The van der Waals surface area contributed by atoms with E-state index >= 15 is 0 Å². The Balaban J connectivity index is 2.97. The molecule has 0 saturated carbocycles. The third-order valence-corrected chi connectivity index (χ3v) is 3.33. The first kappa shape index (κ1) is 11.9. The fourth-order valence-corrected chi connectivity index (χ4v) is 2.15. The first-order valence-electron chi connectivity index (χ1n) is 5.95. The summed E-state index contributed by atoms with van der Waals surface area (Å²) in [6, 6.07) is 5.95. The van der Waals surface area contributed by atoms with E-state index in [9.17, 15) is 4.79 Å². The molecule has 0 aliphatic rings. The van der Waals surface area contributed by atoms with Crippen molar-refractivity contribution in [1.82, 2.24) is 4.98 Å². The van der Waals surface area contributed by atoms with Crippen LogP contribution in [0.3, 0.4) is 0 Å². The largest absolute Gasteiger partial charge is 0.358 e. The van der Waals surface area contributed by atoms with Crippen LogP contribution in [-0.2, 0) is 5.41 Å². The molecule has 2 aromatic rings. The normalized spacial score (nSPS) is 12.1. The quantitative estimate of drug-likeness (QED) is 0.737. The van der Waals surface area contributed by atoms with E-state index in [-0.39, 0.29) is 10.8 Å². The molecular formula is C15H19NO. The highest BCUT2D eigenvalue weighted by Gasteiger charge is 2.18. The van der Waals surface area contributed by atoms with Crippen LogP contribution in [0.15, 0.2) is 23.0 Å². The summed E-state index contributed by atoms with van der Waals surface area (Å²) in [5.74, 6) is 0. The number of hydrogen-bond acceptors (Lipinski definition) is 1. The number of hydrogen-bond donors (Lipinski definition) is 1. The van der Waals surface area contributed by atoms with Crippen molar-refractivity contribution in [2.45, 2.75) is 40.0 Å². The van der Waals surface area contributed by atoms with E-state index in [2.05, 4.69) is 31.8 Å². The molecular weight excluding hydrogens is 210 g/mol. The first-order chi connectivity index (χ1) is 7.82. The summed E-state index contributed by atoms with van der Waals surface area (Å²) in [4.78, 5) is 15.6. The molecule has 1 aromatic heterocycles. The van der Waals surface area contributed by atoms with Gasteiger partial charge in [0.25, 0.3) is 0 Å². The number of H-pyrrole nitrogens is 1. The van der Waals surface area contributed by atoms with Crippen LogP contribution in [0.25, 0.3) is 10.9 Å². The van der Waals surface area contributed by atoms with Gasteiger partial charge in [0.2, 0.25) is 0 Å². The molecule has 1 N–H and O–H groups in total. The highest BCUT2D eigenvalue weighted by molar-refractivity contribution is 5.83. The molecule has 90 valence electrons. The molecule has 0 saturated heterocycles. The molecule has 1 heterocycles. The predicted octanol–water partition coefficient (Wildman–Crippen LogP) is 3.44. The number of rotatable bonds is 0. The van der Waals surface area contributed by atoms with E-state index in [1.54, 1.807) is 0 Å². The van der Waals surface area contributed by atoms with Gasteiger partial charge in [-0.05, 0) is 30.9 Å². The lowest BCUT2D eigenvalue weighted by molar-refractivity contribution is 0.594. The van der Waals surface area contributed by atoms with Gasteiger partial charge in [-0.25, -0.2) is 0 Å². The highest BCUT2D eigenvalue weighted by Crippen LogP contribution is 2.27. The molecule has 1 aromatic carbocycles. The van der Waals surface area contributed by atoms with Crippen LogP contribution in [0.2, 0.25) is 0 Å². The number of benzene rings is 1. The van der Waals surface area contributed by atoms with Gasteiger partial charge in [-0.15, -0.1) is 0 Å². The van der Waals surface area contributed by atoms with Gasteiger partial charge in [-0.3, -0.25) is 4.79 Å². The van der Waals surface area contributed by atoms with Gasteiger partial charge in [-0.1, -0.05) is 32.9 Å². The second kappa shape index (κ2) is 3.73. The van der Waals surface area contributed by atoms with Crippen LogP contribution in [0, 0.1) is 13.8 Å². The number of fused-ring (bicyclic) bond motifs is 1. The van der Waals surface area contributed by atoms with Crippen molar-refractivity contribution in [2.24, 2.45) is 0 Å². The average Bonchev–Trinajstić information content (AvgIpc) is 2.24. The lowest BCUT2D eigenvalue weighted by atomic mass is 9.85. The van der Waals surface area contributed by atoms with Crippen molar-refractivity contribution in [2.75, 3.05) is 0 Å². The third kappa shape index (κ3) is 1.88. The zero-order chi connectivity index (χ0) is 12.8. The molecule has 0 spiro atoms. The number of aromatic nitrogens is 1. The summed E-state index contributed by atoms with van der Waals surface area (Å²) in [7, 11) is 0. The fourth-order valence-electron chi connectivity index (χ4n) is 2.15. The number of aryl methyl sites for hydroxylation is 1. The van der Waals surface area contributed by atoms with Gasteiger partial charge in [0, 0.05) is 16.6 Å². The van der Waals surface area contributed by atoms with Crippen LogP contribution in [0.5, 0.6) is 0 Å². The van der Waals surface area contributed by atoms with Crippen molar-refractivity contribution in [3.8, 4) is 0 Å². The molecule has 0 unspecified atom stereocenters. The maximum absolute atomic E-state index is 12.2. The van der Waals surface area contributed by atoms with Crippen LogP contribution in [0.1, 0.15) is 37.6 Å². The maximum Gasteiger partial charge on any atom is 0.192 e. The third-order valence-electron chi connectivity index (χ3n) is 3.33. The van der Waals surface area contributed by atoms with Crippen LogP contribution in [0.4, 0.5) is 0 Å². The van der Waals surface area contributed by atoms with Crippen molar-refractivity contribution in [1.29, 1.82) is 0 Å². The van der Waals surface area contributed by atoms with E-state index < -0.39 is 0 Å². The van der Waals surface area contributed by atoms with Crippen molar-refractivity contribution >= 4 is 10.9 Å². The summed E-state index contributed by atoms with van der Waals surface area (Å²) in [6.45, 7) is 10.3. The number of para-hydroxylation sites is 1. The Kier molecular flexibility index (Phi) is 2.61. The van der Waals surface area contributed by atoms with Crippen molar-refractivity contribution in [3.05, 3.63) is 45.2 Å². The Labute approximate surface area is 102 Å². The Morgan fingerprint density at radius 1 is 1.12 bits per heavy atom. The van der Waals surface area contributed by atoms with Gasteiger partial charge in [0.1, 0.15) is 0 Å². The van der Waals surface area contributed by atoms with E-state index in [0.717, 1.165) is 22.2 Å². The molecule has 0 atom stereocenters. The predicted molar refractivity (Wildman–Crippen MR) is 72.7 cm³/mol. The van der Waals surface area contributed by atoms with Gasteiger partial charge in [0.05, 0.1) is 5.52 Å². The molecule has 2 heteroatoms. The Morgan fingerprint density at radius 3 is 2.35 bits per heavy atom. The summed E-state index contributed by atoms with van der Waals surface area (Å²) in [5, 5.41) is 0.792. The molecule has 0 aliphatic heterocycles. The van der Waals surface area contributed by atoms with E-state index in [1.807, 2.05) is 26.0 Å². The molecule has 2 nitrogen and oxygen atoms in total. The minimum Gasteiger partial charge on any atom is -0.358 e. The minimum absolute atomic E-state index is 0.0319. The van der Waals surface area contributed by atoms with E-state index in [0.29, 0.717) is 0 Å². The molecule has 17 heavy (non-hydrogen) atoms. The van der Waals surface area contributed by atoms with Crippen molar-refractivity contribution < 1.29 is 0 Å². The highest BCUT2D eigenvalue weighted by atomic mass is 16.1. The Bertz CT molecular complexity index is 630. The average molecular weight is 229 g/mol.